The first-order chi connectivity index (χ1) is 35.7. The summed E-state index contributed by atoms with van der Waals surface area (Å²) in [6.07, 6.45) is 0. The Labute approximate surface area is 393 Å². The van der Waals surface area contributed by atoms with Crippen LogP contribution < -0.4 is 9.80 Å². The van der Waals surface area contributed by atoms with Gasteiger partial charge in [0.1, 0.15) is 11.2 Å². The third kappa shape index (κ3) is 5.84. The van der Waals surface area contributed by atoms with E-state index in [1.165, 1.54) is 0 Å². The molecule has 0 radical (unpaired) electrons. The Kier molecular flexibility index (Phi) is 7.22. The summed E-state index contributed by atoms with van der Waals surface area (Å²) in [5.41, 5.74) is 8.91. The Hall–Kier alpha value is -8.66. The summed E-state index contributed by atoms with van der Waals surface area (Å²) in [5, 5.41) is 3.58. The van der Waals surface area contributed by atoms with E-state index in [4.69, 9.17) is 8.53 Å². The van der Waals surface area contributed by atoms with Gasteiger partial charge in [0, 0.05) is 50.2 Å². The highest BCUT2D eigenvalue weighted by atomic mass is 16.3. The molecular formula is C63H42N2O. The van der Waals surface area contributed by atoms with Gasteiger partial charge >= 0.3 is 0 Å². The smallest absolute Gasteiger partial charge is 0.140 e. The van der Waals surface area contributed by atoms with Gasteiger partial charge in [-0.25, -0.2) is 0 Å². The molecule has 0 spiro atoms. The van der Waals surface area contributed by atoms with Gasteiger partial charge in [-0.3, -0.25) is 0 Å². The lowest BCUT2D eigenvalue weighted by atomic mass is 9.67. The topological polar surface area (TPSA) is 19.6 Å². The van der Waals surface area contributed by atoms with E-state index < -0.39 is 35.6 Å². The number of para-hydroxylation sites is 5. The molecule has 1 heterocycles. The molecular weight excluding hydrogens is 801 g/mol. The predicted molar refractivity (Wildman–Crippen MR) is 275 cm³/mol. The van der Waals surface area contributed by atoms with Gasteiger partial charge in [0.25, 0.3) is 0 Å². The van der Waals surface area contributed by atoms with Crippen LogP contribution in [0.1, 0.15) is 31.8 Å². The first-order valence-corrected chi connectivity index (χ1v) is 22.1. The van der Waals surface area contributed by atoms with Crippen LogP contribution in [-0.4, -0.2) is 0 Å². The molecule has 11 aromatic carbocycles. The maximum absolute atomic E-state index is 10.4. The lowest BCUT2D eigenvalue weighted by Crippen LogP contribution is -2.29. The average Bonchev–Trinajstić information content (AvgIpc) is 3.96. The number of hydrogen-bond acceptors (Lipinski definition) is 3. The van der Waals surface area contributed by atoms with Crippen molar-refractivity contribution in [2.45, 2.75) is 5.41 Å². The van der Waals surface area contributed by atoms with Gasteiger partial charge in [-0.1, -0.05) is 176 Å². The van der Waals surface area contributed by atoms with Crippen molar-refractivity contribution in [1.29, 1.82) is 0 Å². The molecule has 0 N–H and O–H groups in total. The number of furan rings is 1. The molecule has 0 bridgehead atoms. The lowest BCUT2D eigenvalue weighted by Gasteiger charge is -2.35. The minimum atomic E-state index is -1.56. The molecule has 0 amide bonds. The second kappa shape index (κ2) is 15.3. The van der Waals surface area contributed by atoms with Crippen LogP contribution >= 0.6 is 0 Å². The van der Waals surface area contributed by atoms with E-state index >= 15 is 0 Å². The average molecular weight is 850 g/mol. The summed E-state index contributed by atoms with van der Waals surface area (Å²) in [5.74, 6) is 0. The van der Waals surface area contributed by atoms with Crippen LogP contribution in [-0.2, 0) is 5.41 Å². The fourth-order valence-corrected chi connectivity index (χ4v) is 10.3. The van der Waals surface area contributed by atoms with Crippen molar-refractivity contribution in [2.24, 2.45) is 0 Å². The van der Waals surface area contributed by atoms with Crippen molar-refractivity contribution < 1.29 is 14.0 Å². The molecule has 3 heteroatoms. The fraction of sp³-hybridized carbons (Fsp3) is 0.0159. The van der Waals surface area contributed by atoms with Crippen molar-refractivity contribution in [3.8, 4) is 11.1 Å². The molecule has 310 valence electrons. The van der Waals surface area contributed by atoms with Crippen molar-refractivity contribution in [1.82, 2.24) is 0 Å². The van der Waals surface area contributed by atoms with E-state index in [0.717, 1.165) is 77.9 Å². The summed E-state index contributed by atoms with van der Waals surface area (Å²) in [4.78, 5) is 4.46. The number of nitrogens with zero attached hydrogens (tertiary/aromatic N) is 2. The quantitative estimate of drug-likeness (QED) is 0.152. The Bertz CT molecular complexity index is 4160. The molecule has 13 rings (SSSR count). The molecule has 0 saturated heterocycles. The van der Waals surface area contributed by atoms with Gasteiger partial charge in [-0.15, -0.1) is 0 Å². The zero-order valence-electron chi connectivity index (χ0n) is 42.5. The fourth-order valence-electron chi connectivity index (χ4n) is 10.3. The standard InChI is InChI=1S/C63H42N2O/c1-4-22-47(23-5-1)64(48-24-6-2-7-25-48)50-36-38-57-55(41-50)56-42-51(65(49-26-8-3-9-27-49)60-32-16-21-44-19-12-13-28-52(44)60)37-39-58(56)63(57,46-35-34-43-18-10-11-20-45(43)40-46)59-31-17-30-54-53-29-14-15-33-61(53)66-62(54)59/h1-42H/i10D,11D,18D,20D,34D,35D,40D. The SMILES string of the molecule is [2H]c1c([2H])c([2H])c2c([2H])c(C3(c4cccc5c4oc4ccccc45)c4ccc(N(c5ccccc5)c5ccccc5)cc4-c4cc(N(c5ccccc5)c5cccc6ccccc56)ccc43)c([2H])c([2H])c2c1[2H]. The molecule has 1 aliphatic rings. The van der Waals surface area contributed by atoms with Crippen LogP contribution in [0.15, 0.2) is 259 Å². The highest BCUT2D eigenvalue weighted by Crippen LogP contribution is 2.60. The van der Waals surface area contributed by atoms with Crippen molar-refractivity contribution in [2.75, 3.05) is 9.80 Å². The predicted octanol–water partition coefficient (Wildman–Crippen LogP) is 17.2. The first-order valence-electron chi connectivity index (χ1n) is 25.6. The summed E-state index contributed by atoms with van der Waals surface area (Å²) < 4.78 is 73.0. The number of fused-ring (bicyclic) bond motifs is 8. The molecule has 1 aromatic heterocycles. The number of hydrogen-bond donors (Lipinski definition) is 0. The lowest BCUT2D eigenvalue weighted by molar-refractivity contribution is 0.648. The molecule has 1 aliphatic carbocycles. The highest BCUT2D eigenvalue weighted by molar-refractivity contribution is 6.08. The normalized spacial score (nSPS) is 15.6. The Morgan fingerprint density at radius 1 is 0.379 bits per heavy atom. The van der Waals surface area contributed by atoms with Gasteiger partial charge in [-0.2, -0.15) is 0 Å². The van der Waals surface area contributed by atoms with E-state index in [1.807, 2.05) is 103 Å². The van der Waals surface area contributed by atoms with Crippen LogP contribution in [0.4, 0.5) is 34.1 Å². The van der Waals surface area contributed by atoms with Gasteiger partial charge in [0.15, 0.2) is 0 Å². The third-order valence-corrected chi connectivity index (χ3v) is 13.1. The zero-order valence-corrected chi connectivity index (χ0v) is 35.5. The Balaban J connectivity index is 1.21. The molecule has 3 nitrogen and oxygen atoms in total. The highest BCUT2D eigenvalue weighted by Gasteiger charge is 2.48. The molecule has 1 unspecified atom stereocenters. The number of rotatable bonds is 8. The molecule has 0 aliphatic heterocycles. The maximum Gasteiger partial charge on any atom is 0.140 e. The monoisotopic (exact) mass is 849 g/mol. The van der Waals surface area contributed by atoms with E-state index in [9.17, 15) is 5.48 Å². The van der Waals surface area contributed by atoms with Crippen LogP contribution in [0.5, 0.6) is 0 Å². The van der Waals surface area contributed by atoms with Gasteiger partial charge in [-0.05, 0) is 123 Å². The Morgan fingerprint density at radius 3 is 1.62 bits per heavy atom. The van der Waals surface area contributed by atoms with E-state index in [2.05, 4.69) is 119 Å². The molecule has 1 atom stereocenters. The van der Waals surface area contributed by atoms with Gasteiger partial charge < -0.3 is 14.2 Å². The van der Waals surface area contributed by atoms with Crippen molar-refractivity contribution >= 4 is 77.6 Å². The third-order valence-electron chi connectivity index (χ3n) is 13.1. The minimum absolute atomic E-state index is 0.112. The molecule has 12 aromatic rings. The van der Waals surface area contributed by atoms with Crippen molar-refractivity contribution in [3.63, 3.8) is 0 Å². The Morgan fingerprint density at radius 2 is 0.924 bits per heavy atom. The van der Waals surface area contributed by atoms with Crippen LogP contribution in [0.3, 0.4) is 0 Å². The summed E-state index contributed by atoms with van der Waals surface area (Å²) in [6, 6.07) is 68.8. The van der Waals surface area contributed by atoms with Crippen LogP contribution in [0.25, 0.3) is 54.6 Å². The van der Waals surface area contributed by atoms with Crippen LogP contribution in [0.2, 0.25) is 0 Å². The summed E-state index contributed by atoms with van der Waals surface area (Å²) >= 11 is 0. The van der Waals surface area contributed by atoms with Crippen LogP contribution in [0, 0.1) is 0 Å². The molecule has 66 heavy (non-hydrogen) atoms. The molecule has 0 saturated carbocycles. The minimum Gasteiger partial charge on any atom is -0.456 e. The van der Waals surface area contributed by atoms with Gasteiger partial charge in [0.05, 0.1) is 20.7 Å². The second-order valence-corrected chi connectivity index (χ2v) is 16.7. The largest absolute Gasteiger partial charge is 0.456 e. The number of benzene rings is 11. The van der Waals surface area contributed by atoms with E-state index in [1.54, 1.807) is 0 Å². The maximum atomic E-state index is 10.4. The second-order valence-electron chi connectivity index (χ2n) is 16.7. The van der Waals surface area contributed by atoms with Crippen molar-refractivity contribution in [3.05, 3.63) is 277 Å². The zero-order chi connectivity index (χ0) is 49.7. The van der Waals surface area contributed by atoms with Gasteiger partial charge in [0.2, 0.25) is 0 Å². The summed E-state index contributed by atoms with van der Waals surface area (Å²) in [6.45, 7) is 0. The van der Waals surface area contributed by atoms with E-state index in [0.29, 0.717) is 16.7 Å². The van der Waals surface area contributed by atoms with E-state index in [-0.39, 0.29) is 28.4 Å². The summed E-state index contributed by atoms with van der Waals surface area (Å²) in [7, 11) is 0. The first kappa shape index (κ1) is 31.2. The number of anilines is 6. The molecule has 0 fully saturated rings.